The molecule has 2 aromatic heterocycles. The van der Waals surface area contributed by atoms with Crippen LogP contribution >= 0.6 is 23.2 Å². The Morgan fingerprint density at radius 1 is 1.36 bits per heavy atom. The van der Waals surface area contributed by atoms with Gasteiger partial charge in [-0.15, -0.1) is 10.2 Å². The lowest BCUT2D eigenvalue weighted by Gasteiger charge is -2.32. The van der Waals surface area contributed by atoms with Crippen molar-refractivity contribution in [3.05, 3.63) is 34.1 Å². The quantitative estimate of drug-likeness (QED) is 0.843. The standard InChI is InChI=1S/C14H17Cl2N5O/c1-19-8-17-18-13(19)9-4-3-5-21(7-9)14(22)11-6-10(15)12(16)20(11)2/h6,8-9H,3-5,7H2,1-2H3/t9-/m1/s1. The first-order chi connectivity index (χ1) is 10.5. The van der Waals surface area contributed by atoms with Crippen LogP contribution in [0.25, 0.3) is 0 Å². The summed E-state index contributed by atoms with van der Waals surface area (Å²) in [6.07, 6.45) is 3.63. The number of piperidine rings is 1. The molecule has 22 heavy (non-hydrogen) atoms. The van der Waals surface area contributed by atoms with E-state index in [0.29, 0.717) is 22.4 Å². The van der Waals surface area contributed by atoms with Gasteiger partial charge in [-0.3, -0.25) is 4.79 Å². The molecule has 1 aliphatic rings. The first kappa shape index (κ1) is 15.4. The SMILES string of the molecule is Cn1cnnc1[C@@H]1CCCN(C(=O)c2cc(Cl)c(Cl)n2C)C1. The van der Waals surface area contributed by atoms with E-state index in [-0.39, 0.29) is 11.8 Å². The second-order valence-corrected chi connectivity index (χ2v) is 6.38. The van der Waals surface area contributed by atoms with Crippen LogP contribution in [0.1, 0.15) is 35.1 Å². The first-order valence-corrected chi connectivity index (χ1v) is 7.88. The summed E-state index contributed by atoms with van der Waals surface area (Å²) in [7, 11) is 3.67. The van der Waals surface area contributed by atoms with Gasteiger partial charge in [0.1, 0.15) is 23.0 Å². The summed E-state index contributed by atoms with van der Waals surface area (Å²) in [6.45, 7) is 1.36. The maximum atomic E-state index is 12.7. The zero-order valence-corrected chi connectivity index (χ0v) is 14.0. The predicted octanol–water partition coefficient (Wildman–Crippen LogP) is 2.48. The molecule has 1 aliphatic heterocycles. The molecule has 8 heteroatoms. The Hall–Kier alpha value is -1.53. The Balaban J connectivity index is 1.81. The van der Waals surface area contributed by atoms with Crippen molar-refractivity contribution in [2.45, 2.75) is 18.8 Å². The molecule has 0 N–H and O–H groups in total. The van der Waals surface area contributed by atoms with E-state index in [2.05, 4.69) is 10.2 Å². The highest BCUT2D eigenvalue weighted by Gasteiger charge is 2.29. The van der Waals surface area contributed by atoms with E-state index in [4.69, 9.17) is 23.2 Å². The smallest absolute Gasteiger partial charge is 0.270 e. The molecule has 0 aromatic carbocycles. The molecular formula is C14H17Cl2N5O. The van der Waals surface area contributed by atoms with Gasteiger partial charge in [0, 0.05) is 33.1 Å². The average Bonchev–Trinajstić information content (AvgIpc) is 3.06. The number of amides is 1. The minimum atomic E-state index is -0.0526. The molecule has 0 radical (unpaired) electrons. The van der Waals surface area contributed by atoms with Crippen molar-refractivity contribution in [2.24, 2.45) is 14.1 Å². The van der Waals surface area contributed by atoms with Crippen molar-refractivity contribution in [3.8, 4) is 0 Å². The lowest BCUT2D eigenvalue weighted by molar-refractivity contribution is 0.0694. The molecular weight excluding hydrogens is 325 g/mol. The minimum Gasteiger partial charge on any atom is -0.337 e. The van der Waals surface area contributed by atoms with E-state index in [9.17, 15) is 4.79 Å². The number of hydrogen-bond donors (Lipinski definition) is 0. The van der Waals surface area contributed by atoms with Crippen LogP contribution in [0.4, 0.5) is 0 Å². The van der Waals surface area contributed by atoms with Crippen molar-refractivity contribution in [3.63, 3.8) is 0 Å². The van der Waals surface area contributed by atoms with Crippen LogP contribution in [0, 0.1) is 0 Å². The van der Waals surface area contributed by atoms with Crippen LogP contribution in [0.15, 0.2) is 12.4 Å². The van der Waals surface area contributed by atoms with Gasteiger partial charge in [0.25, 0.3) is 5.91 Å². The molecule has 1 fully saturated rings. The van der Waals surface area contributed by atoms with Crippen LogP contribution in [-0.2, 0) is 14.1 Å². The fourth-order valence-electron chi connectivity index (χ4n) is 2.94. The van der Waals surface area contributed by atoms with Gasteiger partial charge in [0.15, 0.2) is 0 Å². The number of nitrogens with zero attached hydrogens (tertiary/aromatic N) is 5. The summed E-state index contributed by atoms with van der Waals surface area (Å²) >= 11 is 12.1. The number of likely N-dealkylation sites (tertiary alicyclic amines) is 1. The number of aromatic nitrogens is 4. The zero-order chi connectivity index (χ0) is 15.9. The van der Waals surface area contributed by atoms with Crippen LogP contribution < -0.4 is 0 Å². The lowest BCUT2D eigenvalue weighted by atomic mass is 9.97. The van der Waals surface area contributed by atoms with E-state index in [1.165, 1.54) is 0 Å². The molecule has 0 aliphatic carbocycles. The third kappa shape index (κ3) is 2.61. The van der Waals surface area contributed by atoms with Gasteiger partial charge >= 0.3 is 0 Å². The largest absolute Gasteiger partial charge is 0.337 e. The van der Waals surface area contributed by atoms with E-state index < -0.39 is 0 Å². The fraction of sp³-hybridized carbons (Fsp3) is 0.500. The molecule has 118 valence electrons. The molecule has 1 amide bonds. The molecule has 0 bridgehead atoms. The summed E-state index contributed by atoms with van der Waals surface area (Å²) in [4.78, 5) is 14.6. The number of hydrogen-bond acceptors (Lipinski definition) is 3. The molecule has 2 aromatic rings. The van der Waals surface area contributed by atoms with E-state index in [0.717, 1.165) is 25.2 Å². The molecule has 3 heterocycles. The maximum absolute atomic E-state index is 12.7. The van der Waals surface area contributed by atoms with Gasteiger partial charge in [-0.25, -0.2) is 0 Å². The lowest BCUT2D eigenvalue weighted by Crippen LogP contribution is -2.40. The van der Waals surface area contributed by atoms with Gasteiger partial charge in [-0.05, 0) is 18.9 Å². The van der Waals surface area contributed by atoms with E-state index in [1.807, 2.05) is 16.5 Å². The van der Waals surface area contributed by atoms with E-state index in [1.54, 1.807) is 24.0 Å². The summed E-state index contributed by atoms with van der Waals surface area (Å²) in [5, 5.41) is 8.87. The predicted molar refractivity (Wildman–Crippen MR) is 84.3 cm³/mol. The second kappa shape index (κ2) is 5.93. The fourth-order valence-corrected chi connectivity index (χ4v) is 3.32. The number of aryl methyl sites for hydroxylation is 1. The average molecular weight is 342 g/mol. The van der Waals surface area contributed by atoms with Crippen molar-refractivity contribution in [1.29, 1.82) is 0 Å². The van der Waals surface area contributed by atoms with Gasteiger partial charge in [0.2, 0.25) is 0 Å². The van der Waals surface area contributed by atoms with E-state index >= 15 is 0 Å². The van der Waals surface area contributed by atoms with Crippen molar-refractivity contribution in [2.75, 3.05) is 13.1 Å². The summed E-state index contributed by atoms with van der Waals surface area (Å²) in [6, 6.07) is 1.62. The number of halogens is 2. The van der Waals surface area contributed by atoms with Crippen molar-refractivity contribution >= 4 is 29.1 Å². The third-order valence-corrected chi connectivity index (χ3v) is 5.00. The van der Waals surface area contributed by atoms with Gasteiger partial charge < -0.3 is 14.0 Å². The van der Waals surface area contributed by atoms with Gasteiger partial charge in [0.05, 0.1) is 5.02 Å². The molecule has 1 atom stereocenters. The number of carbonyl (C=O) groups is 1. The Morgan fingerprint density at radius 2 is 2.14 bits per heavy atom. The first-order valence-electron chi connectivity index (χ1n) is 7.13. The second-order valence-electron chi connectivity index (χ2n) is 5.62. The van der Waals surface area contributed by atoms with Gasteiger partial charge in [-0.1, -0.05) is 23.2 Å². The Kier molecular flexibility index (Phi) is 4.14. The highest BCUT2D eigenvalue weighted by atomic mass is 35.5. The van der Waals surface area contributed by atoms with Crippen LogP contribution in [0.2, 0.25) is 10.2 Å². The topological polar surface area (TPSA) is 56.0 Å². The number of carbonyl (C=O) groups excluding carboxylic acids is 1. The summed E-state index contributed by atoms with van der Waals surface area (Å²) < 4.78 is 3.53. The highest BCUT2D eigenvalue weighted by molar-refractivity contribution is 6.41. The normalized spacial score (nSPS) is 18.7. The molecule has 6 nitrogen and oxygen atoms in total. The Bertz CT molecular complexity index is 708. The van der Waals surface area contributed by atoms with Crippen molar-refractivity contribution in [1.82, 2.24) is 24.2 Å². The molecule has 0 spiro atoms. The molecule has 0 unspecified atom stereocenters. The molecule has 1 saturated heterocycles. The molecule has 0 saturated carbocycles. The summed E-state index contributed by atoms with van der Waals surface area (Å²) in [5.74, 6) is 1.07. The number of rotatable bonds is 2. The Labute approximate surface area is 138 Å². The van der Waals surface area contributed by atoms with Crippen LogP contribution in [0.5, 0.6) is 0 Å². The van der Waals surface area contributed by atoms with Gasteiger partial charge in [-0.2, -0.15) is 0 Å². The minimum absolute atomic E-state index is 0.0526. The van der Waals surface area contributed by atoms with Crippen LogP contribution in [0.3, 0.4) is 0 Å². The molecule has 3 rings (SSSR count). The maximum Gasteiger partial charge on any atom is 0.270 e. The third-order valence-electron chi connectivity index (χ3n) is 4.16. The van der Waals surface area contributed by atoms with Crippen LogP contribution in [-0.4, -0.2) is 43.2 Å². The Morgan fingerprint density at radius 3 is 2.73 bits per heavy atom. The highest BCUT2D eigenvalue weighted by Crippen LogP contribution is 2.29. The van der Waals surface area contributed by atoms with Crippen molar-refractivity contribution < 1.29 is 4.79 Å². The monoisotopic (exact) mass is 341 g/mol. The summed E-state index contributed by atoms with van der Waals surface area (Å²) in [5.41, 5.74) is 0.508. The zero-order valence-electron chi connectivity index (χ0n) is 12.5.